The highest BCUT2D eigenvalue weighted by atomic mass is 16.5. The number of carbonyl (C=O) groups is 2. The zero-order chi connectivity index (χ0) is 25.6. The molecule has 0 saturated carbocycles. The van der Waals surface area contributed by atoms with E-state index in [2.05, 4.69) is 11.6 Å². The molecule has 36 heavy (non-hydrogen) atoms. The number of benzene rings is 2. The van der Waals surface area contributed by atoms with Crippen molar-refractivity contribution in [1.29, 1.82) is 0 Å². The van der Waals surface area contributed by atoms with Crippen LogP contribution in [-0.4, -0.2) is 30.1 Å². The highest BCUT2D eigenvalue weighted by Crippen LogP contribution is 2.19. The van der Waals surface area contributed by atoms with Gasteiger partial charge in [-0.2, -0.15) is 0 Å². The molecule has 0 amide bonds. The first kappa shape index (κ1) is 26.4. The van der Waals surface area contributed by atoms with Gasteiger partial charge >= 0.3 is 11.9 Å². The zero-order valence-electron chi connectivity index (χ0n) is 20.5. The summed E-state index contributed by atoms with van der Waals surface area (Å²) in [5, 5.41) is 0. The number of ether oxygens (including phenoxy) is 3. The second kappa shape index (κ2) is 14.3. The van der Waals surface area contributed by atoms with Crippen molar-refractivity contribution in [3.05, 3.63) is 102 Å². The number of aromatic nitrogens is 1. The van der Waals surface area contributed by atoms with Crippen molar-refractivity contribution < 1.29 is 23.8 Å². The number of unbranched alkanes of at least 4 members (excludes halogenated alkanes) is 3. The van der Waals surface area contributed by atoms with Crippen molar-refractivity contribution in [3.8, 4) is 11.5 Å². The molecular formula is C30H31NO5. The molecule has 1 aromatic heterocycles. The molecule has 1 heterocycles. The fourth-order valence-corrected chi connectivity index (χ4v) is 3.20. The summed E-state index contributed by atoms with van der Waals surface area (Å²) in [6.45, 7) is 6.20. The maximum atomic E-state index is 12.5. The lowest BCUT2D eigenvalue weighted by molar-refractivity contribution is -0.139. The number of hydrogen-bond acceptors (Lipinski definition) is 6. The fourth-order valence-electron chi connectivity index (χ4n) is 3.20. The third kappa shape index (κ3) is 9.22. The number of nitrogens with zero attached hydrogens (tertiary/aromatic N) is 1. The molecule has 0 spiro atoms. The average molecular weight is 486 g/mol. The van der Waals surface area contributed by atoms with Crippen LogP contribution < -0.4 is 9.47 Å². The van der Waals surface area contributed by atoms with Crippen LogP contribution in [0.1, 0.15) is 54.1 Å². The summed E-state index contributed by atoms with van der Waals surface area (Å²) in [6.07, 6.45) is 11.1. The van der Waals surface area contributed by atoms with E-state index in [4.69, 9.17) is 14.2 Å². The van der Waals surface area contributed by atoms with Crippen LogP contribution in [0.4, 0.5) is 0 Å². The maximum absolute atomic E-state index is 12.5. The van der Waals surface area contributed by atoms with Crippen molar-refractivity contribution in [2.45, 2.75) is 32.6 Å². The van der Waals surface area contributed by atoms with Gasteiger partial charge in [0.1, 0.15) is 11.5 Å². The van der Waals surface area contributed by atoms with Crippen molar-refractivity contribution in [3.63, 3.8) is 0 Å². The minimum Gasteiger partial charge on any atom is -0.494 e. The summed E-state index contributed by atoms with van der Waals surface area (Å²) in [5.41, 5.74) is 2.94. The normalized spacial score (nSPS) is 10.7. The van der Waals surface area contributed by atoms with Gasteiger partial charge in [0.2, 0.25) is 0 Å². The molecule has 0 radical (unpaired) electrons. The van der Waals surface area contributed by atoms with Gasteiger partial charge in [-0.25, -0.2) is 9.59 Å². The lowest BCUT2D eigenvalue weighted by Crippen LogP contribution is -2.08. The molecule has 0 saturated heterocycles. The lowest BCUT2D eigenvalue weighted by Gasteiger charge is -2.08. The van der Waals surface area contributed by atoms with E-state index in [-0.39, 0.29) is 5.97 Å². The molecule has 0 aliphatic carbocycles. The monoisotopic (exact) mass is 485 g/mol. The highest BCUT2D eigenvalue weighted by Gasteiger charge is 2.08. The summed E-state index contributed by atoms with van der Waals surface area (Å²) < 4.78 is 16.3. The molecule has 6 heteroatoms. The number of esters is 2. The van der Waals surface area contributed by atoms with E-state index in [1.54, 1.807) is 55.7 Å². The Morgan fingerprint density at radius 2 is 1.36 bits per heavy atom. The molecule has 0 atom stereocenters. The molecule has 6 nitrogen and oxygen atoms in total. The third-order valence-corrected chi connectivity index (χ3v) is 5.24. The Morgan fingerprint density at radius 1 is 0.778 bits per heavy atom. The highest BCUT2D eigenvalue weighted by molar-refractivity contribution is 5.91. The largest absolute Gasteiger partial charge is 0.494 e. The molecule has 0 unspecified atom stereocenters. The van der Waals surface area contributed by atoms with Gasteiger partial charge in [-0.3, -0.25) is 4.98 Å². The van der Waals surface area contributed by atoms with Crippen molar-refractivity contribution in [1.82, 2.24) is 4.98 Å². The summed E-state index contributed by atoms with van der Waals surface area (Å²) in [7, 11) is 0. The van der Waals surface area contributed by atoms with E-state index < -0.39 is 5.97 Å². The third-order valence-electron chi connectivity index (χ3n) is 5.24. The van der Waals surface area contributed by atoms with E-state index in [0.717, 1.165) is 42.6 Å². The van der Waals surface area contributed by atoms with Crippen LogP contribution in [0.15, 0.2) is 85.2 Å². The minimum absolute atomic E-state index is 0.337. The predicted octanol–water partition coefficient (Wildman–Crippen LogP) is 6.53. The first-order valence-corrected chi connectivity index (χ1v) is 12.0. The summed E-state index contributed by atoms with van der Waals surface area (Å²) in [6, 6.07) is 18.1. The van der Waals surface area contributed by atoms with Crippen LogP contribution >= 0.6 is 0 Å². The molecule has 0 bridgehead atoms. The summed E-state index contributed by atoms with van der Waals surface area (Å²) in [5.74, 6) is 0.423. The molecule has 2 aromatic carbocycles. The number of hydrogen-bond donors (Lipinski definition) is 0. The first-order chi connectivity index (χ1) is 17.5. The molecule has 0 aliphatic rings. The number of rotatable bonds is 13. The smallest absolute Gasteiger partial charge is 0.343 e. The SMILES string of the molecule is C=C(C)C(=O)OCCCCCCOc1ccc(OC(=O)c2ccc(/C=C/c3ccncc3)cc2)cc1. The number of carbonyl (C=O) groups excluding carboxylic acids is 2. The Morgan fingerprint density at radius 3 is 2.00 bits per heavy atom. The van der Waals surface area contributed by atoms with Gasteiger partial charge in [0.15, 0.2) is 0 Å². The van der Waals surface area contributed by atoms with E-state index in [1.807, 2.05) is 36.4 Å². The van der Waals surface area contributed by atoms with Crippen LogP contribution in [-0.2, 0) is 9.53 Å². The Hall–Kier alpha value is -4.19. The quantitative estimate of drug-likeness (QED) is 0.119. The van der Waals surface area contributed by atoms with Crippen molar-refractivity contribution in [2.75, 3.05) is 13.2 Å². The standard InChI is InChI=1S/C30H31NO5/c1-23(2)29(32)35-22-6-4-3-5-21-34-27-13-15-28(16-14-27)36-30(33)26-11-9-24(10-12-26)7-8-25-17-19-31-20-18-25/h7-20H,1,3-6,21-22H2,2H3/b8-7+. The fraction of sp³-hybridized carbons (Fsp3) is 0.233. The first-order valence-electron chi connectivity index (χ1n) is 12.0. The molecule has 3 aromatic rings. The van der Waals surface area contributed by atoms with Crippen LogP contribution in [0.5, 0.6) is 11.5 Å². The van der Waals surface area contributed by atoms with Crippen LogP contribution in [0.25, 0.3) is 12.2 Å². The van der Waals surface area contributed by atoms with Crippen LogP contribution in [0.3, 0.4) is 0 Å². The van der Waals surface area contributed by atoms with E-state index in [9.17, 15) is 9.59 Å². The Labute approximate surface area is 212 Å². The maximum Gasteiger partial charge on any atom is 0.343 e. The second-order valence-corrected chi connectivity index (χ2v) is 8.28. The molecular weight excluding hydrogens is 454 g/mol. The van der Waals surface area contributed by atoms with Gasteiger partial charge in [0.05, 0.1) is 18.8 Å². The topological polar surface area (TPSA) is 74.7 Å². The predicted molar refractivity (Wildman–Crippen MR) is 141 cm³/mol. The van der Waals surface area contributed by atoms with Gasteiger partial charge in [-0.05, 0) is 92.3 Å². The molecule has 0 aliphatic heterocycles. The van der Waals surface area contributed by atoms with E-state index in [0.29, 0.717) is 30.1 Å². The minimum atomic E-state index is -0.415. The van der Waals surface area contributed by atoms with Gasteiger partial charge in [-0.1, -0.05) is 30.9 Å². The molecule has 186 valence electrons. The van der Waals surface area contributed by atoms with Gasteiger partial charge in [-0.15, -0.1) is 0 Å². The number of pyridine rings is 1. The van der Waals surface area contributed by atoms with E-state index >= 15 is 0 Å². The molecule has 0 fully saturated rings. The van der Waals surface area contributed by atoms with Gasteiger partial charge in [0.25, 0.3) is 0 Å². The Kier molecular flexibility index (Phi) is 10.5. The second-order valence-electron chi connectivity index (χ2n) is 8.28. The summed E-state index contributed by atoms with van der Waals surface area (Å²) in [4.78, 5) is 27.8. The Balaban J connectivity index is 1.35. The lowest BCUT2D eigenvalue weighted by atomic mass is 10.1. The van der Waals surface area contributed by atoms with E-state index in [1.165, 1.54) is 0 Å². The Bertz CT molecular complexity index is 1150. The molecule has 3 rings (SSSR count). The molecule has 0 N–H and O–H groups in total. The zero-order valence-corrected chi connectivity index (χ0v) is 20.5. The average Bonchev–Trinajstić information content (AvgIpc) is 2.90. The summed E-state index contributed by atoms with van der Waals surface area (Å²) >= 11 is 0. The van der Waals surface area contributed by atoms with Gasteiger partial charge in [0, 0.05) is 18.0 Å². The van der Waals surface area contributed by atoms with Crippen molar-refractivity contribution >= 4 is 24.1 Å². The van der Waals surface area contributed by atoms with Crippen LogP contribution in [0, 0.1) is 0 Å². The van der Waals surface area contributed by atoms with Gasteiger partial charge < -0.3 is 14.2 Å². The van der Waals surface area contributed by atoms with Crippen molar-refractivity contribution in [2.24, 2.45) is 0 Å². The van der Waals surface area contributed by atoms with Crippen LogP contribution in [0.2, 0.25) is 0 Å².